The van der Waals surface area contributed by atoms with Gasteiger partial charge in [-0.25, -0.2) is 0 Å². The minimum atomic E-state index is 0.143. The number of para-hydroxylation sites is 1. The topological polar surface area (TPSA) is 39.3 Å². The van der Waals surface area contributed by atoms with Gasteiger partial charge in [-0.2, -0.15) is 0 Å². The van der Waals surface area contributed by atoms with Crippen molar-refractivity contribution < 1.29 is 4.79 Å². The van der Waals surface area contributed by atoms with Gasteiger partial charge in [-0.3, -0.25) is 4.79 Å². The van der Waals surface area contributed by atoms with Crippen molar-refractivity contribution in [2.24, 2.45) is 5.92 Å². The van der Waals surface area contributed by atoms with Gasteiger partial charge in [0, 0.05) is 47.8 Å². The number of rotatable bonds is 4. The molecule has 182 valence electrons. The van der Waals surface area contributed by atoms with Crippen LogP contribution >= 0.6 is 0 Å². The summed E-state index contributed by atoms with van der Waals surface area (Å²) in [5.41, 5.74) is 9.48. The second kappa shape index (κ2) is 9.56. The molecule has 1 saturated heterocycles. The average Bonchev–Trinajstić information content (AvgIpc) is 3.20. The van der Waals surface area contributed by atoms with E-state index >= 15 is 0 Å². The number of likely N-dealkylation sites (tertiary alicyclic amines) is 1. The van der Waals surface area contributed by atoms with Crippen LogP contribution in [-0.2, 0) is 12.8 Å². The Morgan fingerprint density at radius 3 is 2.51 bits per heavy atom. The highest BCUT2D eigenvalue weighted by Crippen LogP contribution is 2.42. The average molecular weight is 468 g/mol. The molecule has 1 aromatic heterocycles. The molecule has 0 radical (unpaired) electrons. The van der Waals surface area contributed by atoms with Crippen molar-refractivity contribution >= 4 is 22.5 Å². The number of H-pyrrole nitrogens is 1. The molecule has 2 aliphatic heterocycles. The summed E-state index contributed by atoms with van der Waals surface area (Å²) in [5, 5.41) is 1.11. The first-order chi connectivity index (χ1) is 17.2. The molecule has 6 rings (SSSR count). The SMILES string of the molecule is CCc1ccc2c(c1)CCCCN2C(=C1CCC1)C1CCN(C(=O)c2cc3ccccc3[nH]2)CC1. The van der Waals surface area contributed by atoms with Gasteiger partial charge in [-0.15, -0.1) is 0 Å². The van der Waals surface area contributed by atoms with Crippen molar-refractivity contribution in [2.75, 3.05) is 24.5 Å². The molecule has 0 unspecified atom stereocenters. The van der Waals surface area contributed by atoms with E-state index in [1.54, 1.807) is 11.3 Å². The first-order valence-electron chi connectivity index (χ1n) is 13.7. The largest absolute Gasteiger partial charge is 0.351 e. The molecule has 2 fully saturated rings. The van der Waals surface area contributed by atoms with E-state index in [0.717, 1.165) is 55.5 Å². The second-order valence-corrected chi connectivity index (χ2v) is 10.6. The number of piperidine rings is 1. The zero-order chi connectivity index (χ0) is 23.8. The summed E-state index contributed by atoms with van der Waals surface area (Å²) in [7, 11) is 0. The minimum absolute atomic E-state index is 0.143. The molecule has 0 bridgehead atoms. The minimum Gasteiger partial charge on any atom is -0.351 e. The van der Waals surface area contributed by atoms with Gasteiger partial charge in [0.25, 0.3) is 5.91 Å². The van der Waals surface area contributed by atoms with E-state index in [4.69, 9.17) is 0 Å². The lowest BCUT2D eigenvalue weighted by Gasteiger charge is -2.41. The molecule has 4 heteroatoms. The van der Waals surface area contributed by atoms with Gasteiger partial charge in [-0.05, 0) is 87.1 Å². The zero-order valence-electron chi connectivity index (χ0n) is 21.0. The Morgan fingerprint density at radius 2 is 1.77 bits per heavy atom. The number of hydrogen-bond donors (Lipinski definition) is 1. The monoisotopic (exact) mass is 467 g/mol. The number of benzene rings is 2. The highest BCUT2D eigenvalue weighted by molar-refractivity contribution is 5.98. The van der Waals surface area contributed by atoms with Crippen molar-refractivity contribution in [2.45, 2.75) is 64.7 Å². The van der Waals surface area contributed by atoms with Crippen molar-refractivity contribution in [3.63, 3.8) is 0 Å². The van der Waals surface area contributed by atoms with Gasteiger partial charge in [0.2, 0.25) is 0 Å². The molecule has 3 heterocycles. The van der Waals surface area contributed by atoms with Gasteiger partial charge in [0.15, 0.2) is 0 Å². The van der Waals surface area contributed by atoms with Gasteiger partial charge in [0.1, 0.15) is 5.69 Å². The van der Waals surface area contributed by atoms with E-state index in [-0.39, 0.29) is 5.91 Å². The first-order valence-corrected chi connectivity index (χ1v) is 13.7. The Labute approximate surface area is 209 Å². The number of aromatic amines is 1. The molecule has 0 spiro atoms. The first kappa shape index (κ1) is 22.5. The number of carbonyl (C=O) groups excluding carboxylic acids is 1. The fourth-order valence-corrected chi connectivity index (χ4v) is 6.30. The van der Waals surface area contributed by atoms with Crippen molar-refractivity contribution in [3.8, 4) is 0 Å². The Morgan fingerprint density at radius 1 is 0.943 bits per heavy atom. The van der Waals surface area contributed by atoms with Crippen molar-refractivity contribution in [3.05, 3.63) is 76.6 Å². The number of allylic oxidation sites excluding steroid dienone is 2. The normalized spacial score (nSPS) is 18.8. The van der Waals surface area contributed by atoms with Crippen molar-refractivity contribution in [1.82, 2.24) is 9.88 Å². The summed E-state index contributed by atoms with van der Waals surface area (Å²) in [4.78, 5) is 21.4. The number of aromatic nitrogens is 1. The molecule has 2 aromatic carbocycles. The molecule has 0 atom stereocenters. The Bertz CT molecular complexity index is 1220. The lowest BCUT2D eigenvalue weighted by Crippen LogP contribution is -2.42. The number of carbonyl (C=O) groups is 1. The molecule has 1 saturated carbocycles. The predicted molar refractivity (Wildman–Crippen MR) is 144 cm³/mol. The standard InChI is InChI=1S/C31H37N3O/c1-2-22-13-14-29-26(20-22)9-5-6-17-34(29)30(23-10-7-11-23)24-15-18-33(19-16-24)31(35)28-21-25-8-3-4-12-27(25)32-28/h3-4,8,12-14,20-21,24,32H,2,5-7,9-11,15-19H2,1H3. The molecular formula is C31H37N3O. The predicted octanol–water partition coefficient (Wildman–Crippen LogP) is 6.86. The van der Waals surface area contributed by atoms with Crippen LogP contribution < -0.4 is 4.90 Å². The zero-order valence-corrected chi connectivity index (χ0v) is 21.0. The molecule has 3 aromatic rings. The van der Waals surface area contributed by atoms with E-state index in [2.05, 4.69) is 46.0 Å². The maximum Gasteiger partial charge on any atom is 0.270 e. The summed E-state index contributed by atoms with van der Waals surface area (Å²) < 4.78 is 0. The number of aryl methyl sites for hydroxylation is 2. The quantitative estimate of drug-likeness (QED) is 0.455. The van der Waals surface area contributed by atoms with Crippen LogP contribution in [0.1, 0.15) is 73.5 Å². The summed E-state index contributed by atoms with van der Waals surface area (Å²) in [6.45, 7) is 5.06. The number of nitrogens with zero attached hydrogens (tertiary/aromatic N) is 2. The molecular weight excluding hydrogens is 430 g/mol. The number of amides is 1. The van der Waals surface area contributed by atoms with Crippen LogP contribution in [0.5, 0.6) is 0 Å². The van der Waals surface area contributed by atoms with Crippen LogP contribution in [-0.4, -0.2) is 35.4 Å². The lowest BCUT2D eigenvalue weighted by molar-refractivity contribution is 0.0695. The fraction of sp³-hybridized carbons (Fsp3) is 0.452. The van der Waals surface area contributed by atoms with Crippen molar-refractivity contribution in [1.29, 1.82) is 0 Å². The van der Waals surface area contributed by atoms with Gasteiger partial charge in [0.05, 0.1) is 0 Å². The third-order valence-electron chi connectivity index (χ3n) is 8.46. The van der Waals surface area contributed by atoms with E-state index < -0.39 is 0 Å². The maximum absolute atomic E-state index is 13.3. The van der Waals surface area contributed by atoms with Crippen LogP contribution in [0.15, 0.2) is 59.8 Å². The second-order valence-electron chi connectivity index (χ2n) is 10.6. The molecule has 1 aliphatic carbocycles. The van der Waals surface area contributed by atoms with E-state index in [9.17, 15) is 4.79 Å². The summed E-state index contributed by atoms with van der Waals surface area (Å²) in [6, 6.07) is 17.3. The Balaban J connectivity index is 1.23. The van der Waals surface area contributed by atoms with E-state index in [1.807, 2.05) is 24.3 Å². The van der Waals surface area contributed by atoms with Crippen LogP contribution in [0.3, 0.4) is 0 Å². The molecule has 1 N–H and O–H groups in total. The number of nitrogens with one attached hydrogen (secondary N) is 1. The van der Waals surface area contributed by atoms with Crippen LogP contribution in [0, 0.1) is 5.92 Å². The van der Waals surface area contributed by atoms with Gasteiger partial charge >= 0.3 is 0 Å². The van der Waals surface area contributed by atoms with Gasteiger partial charge < -0.3 is 14.8 Å². The summed E-state index contributed by atoms with van der Waals surface area (Å²) in [5.74, 6) is 0.693. The Hall–Kier alpha value is -3.01. The molecule has 1 amide bonds. The number of anilines is 1. The van der Waals surface area contributed by atoms with Gasteiger partial charge in [-0.1, -0.05) is 42.8 Å². The Kier molecular flexibility index (Phi) is 6.13. The number of fused-ring (bicyclic) bond motifs is 2. The summed E-state index contributed by atoms with van der Waals surface area (Å²) >= 11 is 0. The van der Waals surface area contributed by atoms with Crippen LogP contribution in [0.4, 0.5) is 5.69 Å². The van der Waals surface area contributed by atoms with Crippen LogP contribution in [0.25, 0.3) is 10.9 Å². The highest BCUT2D eigenvalue weighted by atomic mass is 16.2. The maximum atomic E-state index is 13.3. The van der Waals surface area contributed by atoms with E-state index in [0.29, 0.717) is 5.92 Å². The number of hydrogen-bond acceptors (Lipinski definition) is 2. The lowest BCUT2D eigenvalue weighted by atomic mass is 9.81. The molecule has 3 aliphatic rings. The van der Waals surface area contributed by atoms with E-state index in [1.165, 1.54) is 55.3 Å². The third-order valence-corrected chi connectivity index (χ3v) is 8.46. The third kappa shape index (κ3) is 4.28. The molecule has 4 nitrogen and oxygen atoms in total. The smallest absolute Gasteiger partial charge is 0.270 e. The fourth-order valence-electron chi connectivity index (χ4n) is 6.30. The summed E-state index contributed by atoms with van der Waals surface area (Å²) in [6.07, 6.45) is 10.8. The highest BCUT2D eigenvalue weighted by Gasteiger charge is 2.33. The molecule has 35 heavy (non-hydrogen) atoms. The van der Waals surface area contributed by atoms with Crippen LogP contribution in [0.2, 0.25) is 0 Å².